The van der Waals surface area contributed by atoms with Gasteiger partial charge in [0.1, 0.15) is 33.5 Å². The minimum atomic E-state index is -4.67. The molecule has 2 unspecified atom stereocenters. The molecule has 2 aliphatic carbocycles. The standard InChI is InChI=1S/2C46H56N4O9.H2O4S/c2*1-8-42-16-12-18-50-20-17-44(37(42)50)30-21-31(34(55-5)22-33(30)48(4)38(44)46(54,41(53)57-7)39(42)58-26(3)51)45(40(52)56-6)23-27-24-49(25-43(9-2)36(27)59-43)19-15-29-28-13-10-11-14-32(28)47-35(29)45;1-5(2,3)4/h2*10-14,16,21-22,27,36-39,47,54H,8-9,15,17-20,23-25H2,1-7H3;(H2,1,2,3,4)/t2*27-,36-,37-,38+,39+,42+,43+,44+,45-,46-;/m00./s1. The van der Waals surface area contributed by atoms with Gasteiger partial charge in [0, 0.05) is 194 Å². The number of aliphatic hydroxyl groups is 2. The third-order valence-corrected chi connectivity index (χ3v) is 32.1. The van der Waals surface area contributed by atoms with Gasteiger partial charge in [0.2, 0.25) is 11.2 Å². The molecule has 2 spiro atoms. The van der Waals surface area contributed by atoms with Crippen LogP contribution in [0.15, 0.2) is 97.1 Å². The molecule has 30 nitrogen and oxygen atoms in total. The predicted molar refractivity (Wildman–Crippen MR) is 451 cm³/mol. The molecule has 4 bridgehead atoms. The highest BCUT2D eigenvalue weighted by Crippen LogP contribution is 2.72. The summed E-state index contributed by atoms with van der Waals surface area (Å²) in [6, 6.07) is 22.3. The van der Waals surface area contributed by atoms with Crippen molar-refractivity contribution >= 4 is 79.4 Å². The third-order valence-electron chi connectivity index (χ3n) is 32.1. The molecule has 2 aromatic heterocycles. The van der Waals surface area contributed by atoms with Gasteiger partial charge in [0.05, 0.1) is 67.0 Å². The van der Waals surface area contributed by atoms with Crippen molar-refractivity contribution < 1.29 is 104 Å². The highest BCUT2D eigenvalue weighted by atomic mass is 32.3. The van der Waals surface area contributed by atoms with E-state index in [1.165, 1.54) is 42.3 Å². The molecule has 14 aliphatic rings. The Morgan fingerprint density at radius 1 is 0.512 bits per heavy atom. The fourth-order valence-corrected chi connectivity index (χ4v) is 27.7. The summed E-state index contributed by atoms with van der Waals surface area (Å²) in [6.45, 7) is 18.6. The molecular weight excluding hydrogens is 1600 g/mol. The number of anilines is 2. The van der Waals surface area contributed by atoms with Crippen LogP contribution in [0, 0.1) is 22.7 Å². The second kappa shape index (κ2) is 29.6. The predicted octanol–water partition coefficient (Wildman–Crippen LogP) is 7.36. The lowest BCUT2D eigenvalue weighted by Crippen LogP contribution is -2.81. The number of epoxide rings is 2. The first-order chi connectivity index (χ1) is 58.7. The third kappa shape index (κ3) is 11.6. The largest absolute Gasteiger partial charge is 0.496 e. The number of hydrogen-bond acceptors (Lipinski definition) is 26. The number of carbonyl (C=O) groups is 6. The number of methoxy groups -OCH3 is 6. The summed E-state index contributed by atoms with van der Waals surface area (Å²) in [7, 11) is 7.80. The average Bonchev–Trinajstić information content (AvgIpc) is 1.51. The van der Waals surface area contributed by atoms with Gasteiger partial charge >= 0.3 is 46.2 Å². The van der Waals surface area contributed by atoms with E-state index in [4.69, 9.17) is 64.9 Å². The Labute approximate surface area is 715 Å². The molecule has 12 aliphatic heterocycles. The van der Waals surface area contributed by atoms with Crippen LogP contribution in [-0.2, 0) is 112 Å². The van der Waals surface area contributed by atoms with Crippen molar-refractivity contribution in [3.8, 4) is 11.5 Å². The van der Waals surface area contributed by atoms with Gasteiger partial charge in [-0.25, -0.2) is 9.59 Å². The molecule has 4 aromatic carbocycles. The Kier molecular flexibility index (Phi) is 20.4. The Balaban J connectivity index is 0.000000159. The van der Waals surface area contributed by atoms with Gasteiger partial charge < -0.3 is 77.3 Å². The summed E-state index contributed by atoms with van der Waals surface area (Å²) in [4.78, 5) is 107. The van der Waals surface area contributed by atoms with Crippen molar-refractivity contribution in [3.05, 3.63) is 142 Å². The number of nitrogens with zero attached hydrogens (tertiary/aromatic N) is 6. The second-order valence-electron chi connectivity index (χ2n) is 37.0. The highest BCUT2D eigenvalue weighted by molar-refractivity contribution is 7.79. The molecule has 2 saturated carbocycles. The van der Waals surface area contributed by atoms with E-state index >= 15 is 9.59 Å². The first-order valence-electron chi connectivity index (χ1n) is 43.3. The monoisotopic (exact) mass is 1710 g/mol. The zero-order chi connectivity index (χ0) is 87.4. The van der Waals surface area contributed by atoms with E-state index in [9.17, 15) is 29.4 Å². The topological polar surface area (TPSA) is 367 Å². The maximum absolute atomic E-state index is 15.4. The number of hydrogen-bond donors (Lipinski definition) is 6. The fourth-order valence-electron chi connectivity index (χ4n) is 27.7. The second-order valence-corrected chi connectivity index (χ2v) is 37.9. The van der Waals surface area contributed by atoms with E-state index in [1.807, 2.05) is 74.1 Å². The molecule has 660 valence electrons. The van der Waals surface area contributed by atoms with Crippen LogP contribution in [0.1, 0.15) is 138 Å². The van der Waals surface area contributed by atoms with Gasteiger partial charge in [-0.2, -0.15) is 8.42 Å². The number of H-pyrrole nitrogens is 2. The van der Waals surface area contributed by atoms with Gasteiger partial charge in [-0.3, -0.25) is 47.9 Å². The van der Waals surface area contributed by atoms with Gasteiger partial charge in [0.15, 0.2) is 12.2 Å². The number of nitrogens with one attached hydrogen (secondary N) is 2. The van der Waals surface area contributed by atoms with E-state index in [0.29, 0.717) is 100 Å². The Morgan fingerprint density at radius 3 is 1.23 bits per heavy atom. The molecule has 8 fully saturated rings. The van der Waals surface area contributed by atoms with Crippen molar-refractivity contribution in [2.24, 2.45) is 22.7 Å². The van der Waals surface area contributed by atoms with Crippen LogP contribution in [0.2, 0.25) is 0 Å². The number of carbonyl (C=O) groups excluding carboxylic acids is 6. The lowest BCUT2D eigenvalue weighted by molar-refractivity contribution is -0.229. The number of fused-ring (bicyclic) bond motifs is 16. The van der Waals surface area contributed by atoms with E-state index in [-0.39, 0.29) is 47.3 Å². The van der Waals surface area contributed by atoms with Crippen molar-refractivity contribution in [3.63, 3.8) is 0 Å². The number of aromatic nitrogens is 2. The van der Waals surface area contributed by atoms with Crippen molar-refractivity contribution in [2.45, 2.75) is 198 Å². The smallest absolute Gasteiger partial charge is 0.394 e. The summed E-state index contributed by atoms with van der Waals surface area (Å²) in [5, 5.41) is 28.8. The van der Waals surface area contributed by atoms with Crippen molar-refractivity contribution in [1.82, 2.24) is 29.6 Å². The van der Waals surface area contributed by atoms with Crippen molar-refractivity contribution in [2.75, 3.05) is 132 Å². The number of piperidine rings is 2. The lowest BCUT2D eigenvalue weighted by Gasteiger charge is -2.63. The molecule has 123 heavy (non-hydrogen) atoms. The number of likely N-dealkylation sites (N-methyl/N-ethyl adjacent to an activating group) is 2. The maximum atomic E-state index is 15.4. The Morgan fingerprint density at radius 2 is 0.886 bits per heavy atom. The van der Waals surface area contributed by atoms with E-state index < -0.39 is 114 Å². The molecule has 6 N–H and O–H groups in total. The molecule has 6 aromatic rings. The zero-order valence-corrected chi connectivity index (χ0v) is 73.2. The van der Waals surface area contributed by atoms with E-state index in [0.717, 1.165) is 119 Å². The number of aromatic amines is 2. The van der Waals surface area contributed by atoms with Crippen molar-refractivity contribution in [1.29, 1.82) is 0 Å². The van der Waals surface area contributed by atoms with Crippen LogP contribution >= 0.6 is 0 Å². The summed E-state index contributed by atoms with van der Waals surface area (Å²) in [5.41, 5.74) is -1.25. The molecule has 20 rings (SSSR count). The summed E-state index contributed by atoms with van der Waals surface area (Å²) in [5.74, 6) is -2.73. The molecule has 14 heterocycles. The quantitative estimate of drug-likeness (QED) is 0.0204. The average molecular weight is 1720 g/mol. The summed E-state index contributed by atoms with van der Waals surface area (Å²) < 4.78 is 92.9. The van der Waals surface area contributed by atoms with Crippen LogP contribution < -0.4 is 19.3 Å². The molecule has 22 atom stereocenters. The highest BCUT2D eigenvalue weighted by Gasteiger charge is 2.83. The van der Waals surface area contributed by atoms with Crippen LogP contribution in [0.3, 0.4) is 0 Å². The normalized spacial score (nSPS) is 37.6. The van der Waals surface area contributed by atoms with Gasteiger partial charge in [-0.1, -0.05) is 88.4 Å². The Hall–Kier alpha value is -8.99. The number of rotatable bonds is 14. The number of para-hydroxylation sites is 2. The summed E-state index contributed by atoms with van der Waals surface area (Å²) >= 11 is 0. The number of esters is 6. The van der Waals surface area contributed by atoms with Gasteiger partial charge in [0.25, 0.3) is 0 Å². The molecular formula is C92H114N8O22S. The van der Waals surface area contributed by atoms with Gasteiger partial charge in [-0.15, -0.1) is 0 Å². The fraction of sp³-hybridized carbons (Fsp3) is 0.587. The number of ether oxygens (including phenoxy) is 10. The first kappa shape index (κ1) is 84.8. The molecule has 0 radical (unpaired) electrons. The zero-order valence-electron chi connectivity index (χ0n) is 72.4. The molecule has 0 amide bonds. The SMILES string of the molecule is CC[C@@]12CN3CCc4c([nH]c5ccccc45)[C@@](C(=O)OC)(c4cc5c(cc4OC)N(C)[C@H]4[C@@](O)(C(=O)OC)[C@H](OC(C)=O)[C@]6(CC)C=CCN7CC[C@]54[C@@H]76)C[C@@H](C3)[C@@H]1O2.CC[C@@]12CN3CCc4c([nH]c5ccccc45)[C@@](C(=O)OC)(c4cc5c(cc4OC)N(C)[C@H]4[C@@](O)(C(=O)OC)[C@H](OC(C)=O)[C@]6(CC)C=CCN7CC[C@]54[C@@H]76)C[C@@H](C3)[C@@H]1O2.O=S(=O)(O)O. The van der Waals surface area contributed by atoms with Gasteiger partial charge in [-0.05, 0) is 124 Å². The number of benzene rings is 4. The molecule has 6 saturated heterocycles. The van der Waals surface area contributed by atoms with Crippen LogP contribution in [-0.4, -0.2) is 286 Å². The minimum absolute atomic E-state index is 0.00603. The summed E-state index contributed by atoms with van der Waals surface area (Å²) in [6.07, 6.45) is 11.9. The molecule has 31 heteroatoms. The van der Waals surface area contributed by atoms with Crippen LogP contribution in [0.5, 0.6) is 11.5 Å². The Bertz CT molecular complexity index is 5210. The lowest BCUT2D eigenvalue weighted by atomic mass is 9.47. The van der Waals surface area contributed by atoms with Crippen LogP contribution in [0.4, 0.5) is 11.4 Å². The van der Waals surface area contributed by atoms with E-state index in [1.54, 1.807) is 14.2 Å². The first-order valence-corrected chi connectivity index (χ1v) is 44.7. The van der Waals surface area contributed by atoms with Crippen LogP contribution in [0.25, 0.3) is 21.8 Å². The minimum Gasteiger partial charge on any atom is -0.496 e. The maximum Gasteiger partial charge on any atom is 0.394 e. The van der Waals surface area contributed by atoms with E-state index in [2.05, 4.69) is 104 Å².